The minimum atomic E-state index is 0.742. The molecule has 2 saturated carbocycles. The zero-order valence-electron chi connectivity index (χ0n) is 11.2. The van der Waals surface area contributed by atoms with Crippen LogP contribution in [0, 0.1) is 17.8 Å². The number of hydrogen-bond acceptors (Lipinski definition) is 2. The van der Waals surface area contributed by atoms with Crippen LogP contribution in [0.25, 0.3) is 0 Å². The van der Waals surface area contributed by atoms with Crippen LogP contribution in [0.2, 0.25) is 0 Å². The summed E-state index contributed by atoms with van der Waals surface area (Å²) in [4.78, 5) is 2.79. The molecule has 2 rings (SSSR count). The first kappa shape index (κ1) is 12.4. The van der Waals surface area contributed by atoms with Crippen molar-refractivity contribution in [2.45, 2.75) is 45.6 Å². The molecule has 2 aliphatic carbocycles. The third kappa shape index (κ3) is 3.74. The maximum atomic E-state index is 3.38. The molecule has 2 nitrogen and oxygen atoms in total. The van der Waals surface area contributed by atoms with E-state index in [-0.39, 0.29) is 0 Å². The summed E-state index contributed by atoms with van der Waals surface area (Å²) in [7, 11) is 2.09. The molecule has 0 spiro atoms. The van der Waals surface area contributed by atoms with Gasteiger partial charge in [-0.15, -0.1) is 0 Å². The molecule has 0 amide bonds. The first-order chi connectivity index (χ1) is 7.70. The lowest BCUT2D eigenvalue weighted by Gasteiger charge is -2.34. The smallest absolute Gasteiger partial charge is 0.0243 e. The Morgan fingerprint density at radius 1 is 1.06 bits per heavy atom. The fraction of sp³-hybridized carbons (Fsp3) is 1.00. The van der Waals surface area contributed by atoms with Crippen LogP contribution in [0.4, 0.5) is 0 Å². The highest BCUT2D eigenvalue weighted by Crippen LogP contribution is 2.35. The molecule has 1 unspecified atom stereocenters. The van der Waals surface area contributed by atoms with Gasteiger partial charge >= 0.3 is 0 Å². The molecule has 2 aliphatic rings. The molecule has 16 heavy (non-hydrogen) atoms. The van der Waals surface area contributed by atoms with Crippen LogP contribution in [0.3, 0.4) is 0 Å². The predicted molar refractivity (Wildman–Crippen MR) is 69.6 cm³/mol. The van der Waals surface area contributed by atoms with Crippen LogP contribution in [-0.4, -0.2) is 37.6 Å². The topological polar surface area (TPSA) is 15.3 Å². The molecule has 0 heterocycles. The van der Waals surface area contributed by atoms with Crippen molar-refractivity contribution in [3.63, 3.8) is 0 Å². The second-order valence-electron chi connectivity index (χ2n) is 6.21. The second-order valence-corrected chi connectivity index (χ2v) is 6.21. The van der Waals surface area contributed by atoms with Crippen molar-refractivity contribution in [2.24, 2.45) is 17.8 Å². The highest BCUT2D eigenvalue weighted by atomic mass is 15.2. The normalized spacial score (nSPS) is 23.1. The Morgan fingerprint density at radius 2 is 1.56 bits per heavy atom. The highest BCUT2D eigenvalue weighted by molar-refractivity contribution is 4.87. The molecule has 0 aromatic heterocycles. The van der Waals surface area contributed by atoms with Crippen molar-refractivity contribution >= 4 is 0 Å². The second kappa shape index (κ2) is 5.50. The van der Waals surface area contributed by atoms with E-state index in [4.69, 9.17) is 0 Å². The number of nitrogens with zero attached hydrogens (tertiary/aromatic N) is 1. The number of rotatable bonds is 8. The summed E-state index contributed by atoms with van der Waals surface area (Å²) < 4.78 is 0. The van der Waals surface area contributed by atoms with E-state index in [1.54, 1.807) is 0 Å². The molecule has 0 saturated heterocycles. The van der Waals surface area contributed by atoms with Crippen LogP contribution in [0.5, 0.6) is 0 Å². The van der Waals surface area contributed by atoms with E-state index in [0.29, 0.717) is 0 Å². The molecule has 0 radical (unpaired) electrons. The van der Waals surface area contributed by atoms with Gasteiger partial charge in [-0.1, -0.05) is 13.8 Å². The average molecular weight is 224 g/mol. The van der Waals surface area contributed by atoms with Gasteiger partial charge in [0.1, 0.15) is 0 Å². The lowest BCUT2D eigenvalue weighted by atomic mass is 10.0. The van der Waals surface area contributed by atoms with Crippen molar-refractivity contribution in [1.29, 1.82) is 0 Å². The predicted octanol–water partition coefficient (Wildman–Crippen LogP) is 2.35. The summed E-state index contributed by atoms with van der Waals surface area (Å²) in [5, 5.41) is 3.38. The van der Waals surface area contributed by atoms with E-state index in [0.717, 1.165) is 30.3 Å². The molecule has 1 N–H and O–H groups in total. The van der Waals surface area contributed by atoms with Crippen LogP contribution >= 0.6 is 0 Å². The summed E-state index contributed by atoms with van der Waals surface area (Å²) in [6.45, 7) is 8.61. The Hall–Kier alpha value is -0.0800. The fourth-order valence-corrected chi connectivity index (χ4v) is 2.61. The molecule has 2 fully saturated rings. The van der Waals surface area contributed by atoms with Gasteiger partial charge in [-0.25, -0.2) is 0 Å². The molecular weight excluding hydrogens is 196 g/mol. The van der Waals surface area contributed by atoms with E-state index in [9.17, 15) is 0 Å². The van der Waals surface area contributed by atoms with Crippen LogP contribution in [0.1, 0.15) is 39.5 Å². The van der Waals surface area contributed by atoms with E-state index in [1.165, 1.54) is 38.8 Å². The Balaban J connectivity index is 1.88. The van der Waals surface area contributed by atoms with Gasteiger partial charge in [0.25, 0.3) is 0 Å². The van der Waals surface area contributed by atoms with E-state index in [1.807, 2.05) is 0 Å². The fourth-order valence-electron chi connectivity index (χ4n) is 2.61. The summed E-state index contributed by atoms with van der Waals surface area (Å²) in [6, 6.07) is 0.742. The maximum Gasteiger partial charge on any atom is 0.0243 e. The Morgan fingerprint density at radius 3 is 1.88 bits per heavy atom. The van der Waals surface area contributed by atoms with Gasteiger partial charge in [-0.2, -0.15) is 0 Å². The number of likely N-dealkylation sites (N-methyl/N-ethyl adjacent to an activating group) is 1. The zero-order chi connectivity index (χ0) is 11.5. The summed E-state index contributed by atoms with van der Waals surface area (Å²) in [6.07, 6.45) is 5.91. The first-order valence-electron chi connectivity index (χ1n) is 7.09. The standard InChI is InChI=1S/C14H28N2/c1-11(2)14(8-15-3)16(9-12-4-5-12)10-13-6-7-13/h11-15H,4-10H2,1-3H3. The largest absolute Gasteiger partial charge is 0.318 e. The van der Waals surface area contributed by atoms with E-state index in [2.05, 4.69) is 31.1 Å². The molecular formula is C14H28N2. The monoisotopic (exact) mass is 224 g/mol. The lowest BCUT2D eigenvalue weighted by molar-refractivity contribution is 0.140. The summed E-state index contributed by atoms with van der Waals surface area (Å²) >= 11 is 0. The quantitative estimate of drug-likeness (QED) is 0.681. The van der Waals surface area contributed by atoms with Crippen molar-refractivity contribution in [3.05, 3.63) is 0 Å². The third-order valence-electron chi connectivity index (χ3n) is 4.03. The lowest BCUT2D eigenvalue weighted by Crippen LogP contribution is -2.46. The Labute approximate surface area is 101 Å². The Kier molecular flexibility index (Phi) is 4.26. The molecule has 0 aliphatic heterocycles. The first-order valence-corrected chi connectivity index (χ1v) is 7.09. The molecule has 0 aromatic rings. The van der Waals surface area contributed by atoms with Crippen LogP contribution < -0.4 is 5.32 Å². The zero-order valence-corrected chi connectivity index (χ0v) is 11.2. The van der Waals surface area contributed by atoms with E-state index >= 15 is 0 Å². The van der Waals surface area contributed by atoms with Gasteiger partial charge in [0.2, 0.25) is 0 Å². The minimum Gasteiger partial charge on any atom is -0.318 e. The van der Waals surface area contributed by atoms with Gasteiger partial charge in [-0.05, 0) is 50.5 Å². The molecule has 0 aromatic carbocycles. The van der Waals surface area contributed by atoms with Crippen molar-refractivity contribution in [3.8, 4) is 0 Å². The van der Waals surface area contributed by atoms with Crippen LogP contribution in [-0.2, 0) is 0 Å². The van der Waals surface area contributed by atoms with Gasteiger partial charge < -0.3 is 5.32 Å². The maximum absolute atomic E-state index is 3.38. The Bertz CT molecular complexity index is 193. The van der Waals surface area contributed by atoms with Crippen LogP contribution in [0.15, 0.2) is 0 Å². The average Bonchev–Trinajstić information content (AvgIpc) is 3.07. The molecule has 94 valence electrons. The van der Waals surface area contributed by atoms with Crippen molar-refractivity contribution in [1.82, 2.24) is 10.2 Å². The summed E-state index contributed by atoms with van der Waals surface area (Å²) in [5.41, 5.74) is 0. The van der Waals surface area contributed by atoms with Crippen molar-refractivity contribution < 1.29 is 0 Å². The number of nitrogens with one attached hydrogen (secondary N) is 1. The van der Waals surface area contributed by atoms with Gasteiger partial charge in [-0.3, -0.25) is 4.90 Å². The highest BCUT2D eigenvalue weighted by Gasteiger charge is 2.33. The SMILES string of the molecule is CNCC(C(C)C)N(CC1CC1)CC1CC1. The van der Waals surface area contributed by atoms with E-state index < -0.39 is 0 Å². The summed E-state index contributed by atoms with van der Waals surface area (Å²) in [5.74, 6) is 2.82. The van der Waals surface area contributed by atoms with Crippen molar-refractivity contribution in [2.75, 3.05) is 26.7 Å². The minimum absolute atomic E-state index is 0.742. The molecule has 2 heteroatoms. The third-order valence-corrected chi connectivity index (χ3v) is 4.03. The van der Waals surface area contributed by atoms with Gasteiger partial charge in [0.05, 0.1) is 0 Å². The number of hydrogen-bond donors (Lipinski definition) is 1. The van der Waals surface area contributed by atoms with Gasteiger partial charge in [0, 0.05) is 25.7 Å². The molecule has 0 bridgehead atoms. The molecule has 1 atom stereocenters. The van der Waals surface area contributed by atoms with Gasteiger partial charge in [0.15, 0.2) is 0 Å².